The van der Waals surface area contributed by atoms with Gasteiger partial charge in [0.25, 0.3) is 0 Å². The van der Waals surface area contributed by atoms with Crippen LogP contribution < -0.4 is 0 Å². The summed E-state index contributed by atoms with van der Waals surface area (Å²) in [6, 6.07) is 0. The molecule has 0 aromatic carbocycles. The second-order valence-electron chi connectivity index (χ2n) is 8.47. The van der Waals surface area contributed by atoms with Gasteiger partial charge in [-0.05, 0) is 67.8 Å². The molecule has 0 spiro atoms. The van der Waals surface area contributed by atoms with E-state index in [1.807, 2.05) is 6.08 Å². The molecular weight excluding hydrogens is 272 g/mol. The molecule has 6 atom stereocenters. The van der Waals surface area contributed by atoms with Gasteiger partial charge in [-0.1, -0.05) is 25.8 Å². The fourth-order valence-corrected chi connectivity index (χ4v) is 6.57. The summed E-state index contributed by atoms with van der Waals surface area (Å²) in [4.78, 5) is 24.3. The lowest BCUT2D eigenvalue weighted by Gasteiger charge is -2.55. The topological polar surface area (TPSA) is 34.1 Å². The van der Waals surface area contributed by atoms with Crippen LogP contribution in [0.1, 0.15) is 65.2 Å². The summed E-state index contributed by atoms with van der Waals surface area (Å²) in [6.07, 6.45) is 10.3. The smallest absolute Gasteiger partial charge is 0.155 e. The quantitative estimate of drug-likeness (QED) is 0.722. The molecule has 0 radical (unpaired) electrons. The van der Waals surface area contributed by atoms with Gasteiger partial charge in [-0.3, -0.25) is 9.59 Å². The van der Waals surface area contributed by atoms with E-state index >= 15 is 0 Å². The van der Waals surface area contributed by atoms with Crippen molar-refractivity contribution in [2.75, 3.05) is 0 Å². The molecule has 0 saturated heterocycles. The fraction of sp³-hybridized carbons (Fsp3) is 0.800. The average molecular weight is 300 g/mol. The molecule has 4 aliphatic carbocycles. The van der Waals surface area contributed by atoms with Crippen LogP contribution in [0.3, 0.4) is 0 Å². The molecule has 4 rings (SSSR count). The number of allylic oxidation sites excluding steroid dienone is 1. The highest BCUT2D eigenvalue weighted by Gasteiger charge is 2.58. The van der Waals surface area contributed by atoms with Crippen molar-refractivity contribution in [3.05, 3.63) is 11.6 Å². The van der Waals surface area contributed by atoms with Gasteiger partial charge in [-0.15, -0.1) is 0 Å². The Bertz CT molecular complexity index is 546. The number of ketones is 2. The first-order valence-corrected chi connectivity index (χ1v) is 9.31. The van der Waals surface area contributed by atoms with Gasteiger partial charge >= 0.3 is 0 Å². The second-order valence-corrected chi connectivity index (χ2v) is 8.47. The maximum absolute atomic E-state index is 12.5. The Morgan fingerprint density at radius 2 is 2.00 bits per heavy atom. The van der Waals surface area contributed by atoms with Crippen LogP contribution in [0.25, 0.3) is 0 Å². The number of hydrogen-bond acceptors (Lipinski definition) is 2. The number of Topliss-reactive ketones (excluding diaryl/α,β-unsaturated/α-hetero) is 1. The monoisotopic (exact) mass is 300 g/mol. The van der Waals surface area contributed by atoms with E-state index in [1.54, 1.807) is 0 Å². The van der Waals surface area contributed by atoms with E-state index in [2.05, 4.69) is 13.8 Å². The fourth-order valence-electron chi connectivity index (χ4n) is 6.57. The van der Waals surface area contributed by atoms with Gasteiger partial charge in [0.1, 0.15) is 5.78 Å². The summed E-state index contributed by atoms with van der Waals surface area (Å²) in [5.41, 5.74) is 1.43. The molecule has 2 nitrogen and oxygen atoms in total. The van der Waals surface area contributed by atoms with E-state index in [0.717, 1.165) is 50.4 Å². The van der Waals surface area contributed by atoms with Crippen molar-refractivity contribution in [1.82, 2.24) is 0 Å². The summed E-state index contributed by atoms with van der Waals surface area (Å²) < 4.78 is 0. The zero-order valence-corrected chi connectivity index (χ0v) is 13.9. The molecule has 22 heavy (non-hydrogen) atoms. The van der Waals surface area contributed by atoms with Crippen molar-refractivity contribution >= 4 is 11.6 Å². The average Bonchev–Trinajstić information content (AvgIpc) is 2.81. The molecule has 5 unspecified atom stereocenters. The Balaban J connectivity index is 1.71. The first-order valence-electron chi connectivity index (χ1n) is 9.31. The Hall–Kier alpha value is -0.920. The van der Waals surface area contributed by atoms with E-state index in [4.69, 9.17) is 0 Å². The predicted octanol–water partition coefficient (Wildman–Crippen LogP) is 4.33. The van der Waals surface area contributed by atoms with E-state index in [1.165, 1.54) is 18.4 Å². The van der Waals surface area contributed by atoms with E-state index < -0.39 is 0 Å². The number of carbonyl (C=O) groups is 2. The van der Waals surface area contributed by atoms with Gasteiger partial charge in [0.15, 0.2) is 5.78 Å². The molecule has 0 heterocycles. The minimum Gasteiger partial charge on any atom is -0.299 e. The van der Waals surface area contributed by atoms with Crippen LogP contribution in [0.15, 0.2) is 11.6 Å². The van der Waals surface area contributed by atoms with Gasteiger partial charge in [0.2, 0.25) is 0 Å². The third kappa shape index (κ3) is 1.91. The van der Waals surface area contributed by atoms with Crippen LogP contribution in [0.5, 0.6) is 0 Å². The SMILES string of the molecule is CC[C@@H]1CC2=CC(=O)CCC2C2CCC3(C)C(=O)CCC3C21. The summed E-state index contributed by atoms with van der Waals surface area (Å²) in [6.45, 7) is 4.56. The molecule has 4 aliphatic rings. The lowest BCUT2D eigenvalue weighted by molar-refractivity contribution is -0.132. The first kappa shape index (κ1) is 14.7. The van der Waals surface area contributed by atoms with Crippen LogP contribution in [0, 0.1) is 35.0 Å². The lowest BCUT2D eigenvalue weighted by atomic mass is 9.49. The van der Waals surface area contributed by atoms with Crippen molar-refractivity contribution in [3.8, 4) is 0 Å². The standard InChI is InChI=1S/C20H28O2/c1-3-12-10-13-11-14(21)4-5-15(13)16-8-9-20(2)17(19(12)16)6-7-18(20)22/h11-12,15-17,19H,3-10H2,1-2H3/t12-,15?,16?,17?,19?,20?/m1/s1. The summed E-state index contributed by atoms with van der Waals surface area (Å²) in [5, 5.41) is 0. The zero-order valence-electron chi connectivity index (χ0n) is 13.9. The molecule has 0 N–H and O–H groups in total. The van der Waals surface area contributed by atoms with Crippen LogP contribution in [-0.4, -0.2) is 11.6 Å². The maximum Gasteiger partial charge on any atom is 0.155 e. The second kappa shape index (κ2) is 5.04. The van der Waals surface area contributed by atoms with Crippen LogP contribution in [0.2, 0.25) is 0 Å². The molecular formula is C20H28O2. The molecule has 2 heteroatoms. The van der Waals surface area contributed by atoms with E-state index in [0.29, 0.717) is 29.3 Å². The minimum absolute atomic E-state index is 0.0275. The lowest BCUT2D eigenvalue weighted by Crippen LogP contribution is -2.49. The molecule has 0 aliphatic heterocycles. The Morgan fingerprint density at radius 1 is 1.18 bits per heavy atom. The Kier molecular flexibility index (Phi) is 3.36. The van der Waals surface area contributed by atoms with Crippen LogP contribution in [0.4, 0.5) is 0 Å². The molecule has 3 fully saturated rings. The van der Waals surface area contributed by atoms with Crippen molar-refractivity contribution in [2.45, 2.75) is 65.2 Å². The van der Waals surface area contributed by atoms with Crippen LogP contribution >= 0.6 is 0 Å². The highest BCUT2D eigenvalue weighted by atomic mass is 16.1. The summed E-state index contributed by atoms with van der Waals surface area (Å²) in [7, 11) is 0. The van der Waals surface area contributed by atoms with E-state index in [-0.39, 0.29) is 5.41 Å². The Labute approximate surface area is 133 Å². The highest BCUT2D eigenvalue weighted by molar-refractivity contribution is 5.91. The zero-order chi connectivity index (χ0) is 15.5. The molecule has 3 saturated carbocycles. The normalized spacial score (nSPS) is 47.5. The summed E-state index contributed by atoms with van der Waals surface area (Å²) >= 11 is 0. The Morgan fingerprint density at radius 3 is 2.77 bits per heavy atom. The van der Waals surface area contributed by atoms with Gasteiger partial charge < -0.3 is 0 Å². The largest absolute Gasteiger partial charge is 0.299 e. The number of hydrogen-bond donors (Lipinski definition) is 0. The van der Waals surface area contributed by atoms with Gasteiger partial charge in [0, 0.05) is 18.3 Å². The first-order chi connectivity index (χ1) is 10.5. The molecule has 0 amide bonds. The summed E-state index contributed by atoms with van der Waals surface area (Å²) in [5.74, 6) is 4.29. The maximum atomic E-state index is 12.5. The number of carbonyl (C=O) groups excluding carboxylic acids is 2. The third-order valence-electron chi connectivity index (χ3n) is 7.70. The van der Waals surface area contributed by atoms with Crippen molar-refractivity contribution in [2.24, 2.45) is 35.0 Å². The molecule has 0 bridgehead atoms. The van der Waals surface area contributed by atoms with Crippen molar-refractivity contribution < 1.29 is 9.59 Å². The number of fused-ring (bicyclic) bond motifs is 5. The van der Waals surface area contributed by atoms with E-state index in [9.17, 15) is 9.59 Å². The molecule has 0 aromatic rings. The predicted molar refractivity (Wildman–Crippen MR) is 86.3 cm³/mol. The van der Waals surface area contributed by atoms with Crippen molar-refractivity contribution in [1.29, 1.82) is 0 Å². The van der Waals surface area contributed by atoms with Crippen molar-refractivity contribution in [3.63, 3.8) is 0 Å². The van der Waals surface area contributed by atoms with Gasteiger partial charge in [0.05, 0.1) is 0 Å². The minimum atomic E-state index is -0.0275. The number of rotatable bonds is 1. The van der Waals surface area contributed by atoms with Gasteiger partial charge in [-0.2, -0.15) is 0 Å². The molecule has 0 aromatic heterocycles. The molecule has 120 valence electrons. The van der Waals surface area contributed by atoms with Gasteiger partial charge in [-0.25, -0.2) is 0 Å². The highest BCUT2D eigenvalue weighted by Crippen LogP contribution is 2.62. The van der Waals surface area contributed by atoms with Crippen LogP contribution in [-0.2, 0) is 9.59 Å². The third-order valence-corrected chi connectivity index (χ3v) is 7.70.